The second-order valence-electron chi connectivity index (χ2n) is 5.09. The fourth-order valence-corrected chi connectivity index (χ4v) is 3.95. The summed E-state index contributed by atoms with van der Waals surface area (Å²) in [6.07, 6.45) is 0.364. The molecular weight excluding hydrogens is 365 g/mol. The van der Waals surface area contributed by atoms with Crippen LogP contribution in [0, 0.1) is 17.7 Å². The van der Waals surface area contributed by atoms with Crippen molar-refractivity contribution in [3.05, 3.63) is 28.5 Å². The minimum absolute atomic E-state index is 0.0886. The van der Waals surface area contributed by atoms with Gasteiger partial charge in [-0.3, -0.25) is 4.79 Å². The number of halogens is 2. The van der Waals surface area contributed by atoms with Crippen molar-refractivity contribution in [1.82, 2.24) is 4.72 Å². The Kier molecular flexibility index (Phi) is 6.30. The molecule has 1 aromatic rings. The summed E-state index contributed by atoms with van der Waals surface area (Å²) in [5, 5.41) is 9.09. The number of hydrogen-bond acceptors (Lipinski definition) is 3. The Bertz CT molecular complexity index is 619. The molecule has 0 bridgehead atoms. The third-order valence-electron chi connectivity index (χ3n) is 2.81. The van der Waals surface area contributed by atoms with Gasteiger partial charge in [0.05, 0.1) is 10.8 Å². The largest absolute Gasteiger partial charge is 0.481 e. The van der Waals surface area contributed by atoms with E-state index >= 15 is 0 Å². The fourth-order valence-electron chi connectivity index (χ4n) is 1.82. The van der Waals surface area contributed by atoms with Crippen LogP contribution in [-0.4, -0.2) is 26.0 Å². The van der Waals surface area contributed by atoms with E-state index in [1.54, 1.807) is 0 Å². The lowest BCUT2D eigenvalue weighted by molar-refractivity contribution is -0.142. The molecule has 2 N–H and O–H groups in total. The Balaban J connectivity index is 2.87. The molecule has 5 nitrogen and oxygen atoms in total. The van der Waals surface area contributed by atoms with Gasteiger partial charge >= 0.3 is 5.97 Å². The van der Waals surface area contributed by atoms with Gasteiger partial charge in [-0.25, -0.2) is 17.5 Å². The van der Waals surface area contributed by atoms with E-state index < -0.39 is 27.7 Å². The van der Waals surface area contributed by atoms with Crippen LogP contribution in [0.3, 0.4) is 0 Å². The van der Waals surface area contributed by atoms with E-state index in [0.717, 1.165) is 18.2 Å². The molecule has 0 aliphatic carbocycles. The predicted molar refractivity (Wildman–Crippen MR) is 79.9 cm³/mol. The second kappa shape index (κ2) is 7.33. The topological polar surface area (TPSA) is 83.5 Å². The second-order valence-corrected chi connectivity index (χ2v) is 7.68. The zero-order valence-corrected chi connectivity index (χ0v) is 14.0. The maximum Gasteiger partial charge on any atom is 0.307 e. The highest BCUT2D eigenvalue weighted by Gasteiger charge is 2.24. The first kappa shape index (κ1) is 18.1. The zero-order valence-electron chi connectivity index (χ0n) is 11.6. The van der Waals surface area contributed by atoms with Gasteiger partial charge in [0.25, 0.3) is 0 Å². The van der Waals surface area contributed by atoms with Crippen molar-refractivity contribution in [3.63, 3.8) is 0 Å². The molecule has 1 unspecified atom stereocenters. The average molecular weight is 382 g/mol. The Hall–Kier alpha value is -0.990. The minimum atomic E-state index is -3.90. The van der Waals surface area contributed by atoms with Gasteiger partial charge in [-0.1, -0.05) is 13.8 Å². The quantitative estimate of drug-likeness (QED) is 0.760. The molecule has 8 heteroatoms. The summed E-state index contributed by atoms with van der Waals surface area (Å²) in [4.78, 5) is 11.0. The first-order chi connectivity index (χ1) is 9.63. The molecule has 0 heterocycles. The van der Waals surface area contributed by atoms with Gasteiger partial charge in [0.1, 0.15) is 5.82 Å². The molecule has 0 saturated heterocycles. The lowest BCUT2D eigenvalue weighted by Crippen LogP contribution is -2.33. The number of benzene rings is 1. The van der Waals surface area contributed by atoms with E-state index in [1.165, 1.54) is 0 Å². The molecule has 1 aromatic carbocycles. The number of carboxylic acids is 1. The van der Waals surface area contributed by atoms with Gasteiger partial charge < -0.3 is 5.11 Å². The lowest BCUT2D eigenvalue weighted by atomic mass is 9.98. The molecular formula is C13H17BrFNO4S. The Morgan fingerprint density at radius 3 is 2.52 bits per heavy atom. The van der Waals surface area contributed by atoms with Crippen molar-refractivity contribution in [2.24, 2.45) is 11.8 Å². The number of nitrogens with one attached hydrogen (secondary N) is 1. The van der Waals surface area contributed by atoms with E-state index in [0.29, 0.717) is 6.42 Å². The van der Waals surface area contributed by atoms with Crippen LogP contribution in [0.5, 0.6) is 0 Å². The molecule has 0 spiro atoms. The summed E-state index contributed by atoms with van der Waals surface area (Å²) in [5.41, 5.74) is 0. The fraction of sp³-hybridized carbons (Fsp3) is 0.462. The summed E-state index contributed by atoms with van der Waals surface area (Å²) in [5.74, 6) is -2.29. The molecule has 0 saturated carbocycles. The monoisotopic (exact) mass is 381 g/mol. The molecule has 0 aromatic heterocycles. The Morgan fingerprint density at radius 1 is 1.43 bits per heavy atom. The first-order valence-corrected chi connectivity index (χ1v) is 8.58. The van der Waals surface area contributed by atoms with Gasteiger partial charge in [-0.15, -0.1) is 0 Å². The van der Waals surface area contributed by atoms with Crippen molar-refractivity contribution in [2.75, 3.05) is 6.54 Å². The third-order valence-corrected chi connectivity index (χ3v) is 5.21. The number of rotatable bonds is 7. The summed E-state index contributed by atoms with van der Waals surface area (Å²) >= 11 is 2.98. The van der Waals surface area contributed by atoms with Crippen molar-refractivity contribution in [1.29, 1.82) is 0 Å². The predicted octanol–water partition coefficient (Wildman–Crippen LogP) is 2.61. The SMILES string of the molecule is CC(C)CC(CNS(=O)(=O)c1ccc(F)cc1Br)C(=O)O. The van der Waals surface area contributed by atoms with Gasteiger partial charge in [0.2, 0.25) is 10.0 Å². The number of aliphatic carboxylic acids is 1. The van der Waals surface area contributed by atoms with Crippen LogP contribution in [0.15, 0.2) is 27.6 Å². The van der Waals surface area contributed by atoms with Crippen LogP contribution >= 0.6 is 15.9 Å². The van der Waals surface area contributed by atoms with Crippen molar-refractivity contribution >= 4 is 31.9 Å². The Labute approximate surface area is 131 Å². The van der Waals surface area contributed by atoms with Crippen LogP contribution in [0.4, 0.5) is 4.39 Å². The summed E-state index contributed by atoms with van der Waals surface area (Å²) < 4.78 is 39.6. The Morgan fingerprint density at radius 2 is 2.05 bits per heavy atom. The van der Waals surface area contributed by atoms with Crippen LogP contribution in [0.2, 0.25) is 0 Å². The first-order valence-electron chi connectivity index (χ1n) is 6.31. The van der Waals surface area contributed by atoms with Crippen molar-refractivity contribution < 1.29 is 22.7 Å². The molecule has 0 amide bonds. The van der Waals surface area contributed by atoms with E-state index in [1.807, 2.05) is 13.8 Å². The molecule has 0 aliphatic rings. The molecule has 21 heavy (non-hydrogen) atoms. The highest BCUT2D eigenvalue weighted by atomic mass is 79.9. The molecule has 0 radical (unpaired) electrons. The zero-order chi connectivity index (χ0) is 16.2. The van der Waals surface area contributed by atoms with Crippen LogP contribution in [0.25, 0.3) is 0 Å². The van der Waals surface area contributed by atoms with Gasteiger partial charge in [0.15, 0.2) is 0 Å². The molecule has 118 valence electrons. The smallest absolute Gasteiger partial charge is 0.307 e. The standard InChI is InChI=1S/C13H17BrFNO4S/c1-8(2)5-9(13(17)18)7-16-21(19,20)12-4-3-10(15)6-11(12)14/h3-4,6,8-9,16H,5,7H2,1-2H3,(H,17,18). The number of hydrogen-bond donors (Lipinski definition) is 2. The maximum atomic E-state index is 13.0. The van der Waals surface area contributed by atoms with E-state index in [9.17, 15) is 17.6 Å². The van der Waals surface area contributed by atoms with Crippen LogP contribution in [0.1, 0.15) is 20.3 Å². The summed E-state index contributed by atoms with van der Waals surface area (Å²) in [6, 6.07) is 3.19. The molecule has 1 atom stereocenters. The van der Waals surface area contributed by atoms with Crippen LogP contribution in [-0.2, 0) is 14.8 Å². The van der Waals surface area contributed by atoms with Gasteiger partial charge in [-0.05, 0) is 46.5 Å². The molecule has 0 fully saturated rings. The van der Waals surface area contributed by atoms with Gasteiger partial charge in [0, 0.05) is 11.0 Å². The van der Waals surface area contributed by atoms with Crippen molar-refractivity contribution in [3.8, 4) is 0 Å². The maximum absolute atomic E-state index is 13.0. The summed E-state index contributed by atoms with van der Waals surface area (Å²) in [6.45, 7) is 3.52. The number of carbonyl (C=O) groups is 1. The van der Waals surface area contributed by atoms with E-state index in [-0.39, 0.29) is 21.8 Å². The van der Waals surface area contributed by atoms with E-state index in [2.05, 4.69) is 20.7 Å². The molecule has 0 aliphatic heterocycles. The summed E-state index contributed by atoms with van der Waals surface area (Å²) in [7, 11) is -3.90. The highest BCUT2D eigenvalue weighted by molar-refractivity contribution is 9.10. The lowest BCUT2D eigenvalue weighted by Gasteiger charge is -2.16. The number of carboxylic acid groups (broad SMARTS) is 1. The highest BCUT2D eigenvalue weighted by Crippen LogP contribution is 2.23. The van der Waals surface area contributed by atoms with Gasteiger partial charge in [-0.2, -0.15) is 0 Å². The van der Waals surface area contributed by atoms with E-state index in [4.69, 9.17) is 5.11 Å². The molecule has 1 rings (SSSR count). The van der Waals surface area contributed by atoms with Crippen molar-refractivity contribution in [2.45, 2.75) is 25.2 Å². The number of sulfonamides is 1. The van der Waals surface area contributed by atoms with Crippen LogP contribution < -0.4 is 4.72 Å². The average Bonchev–Trinajstić information content (AvgIpc) is 2.33. The third kappa shape index (κ3) is 5.37. The minimum Gasteiger partial charge on any atom is -0.481 e. The normalized spacial score (nSPS) is 13.4.